The lowest BCUT2D eigenvalue weighted by Gasteiger charge is -1.94. The van der Waals surface area contributed by atoms with Gasteiger partial charge in [0.2, 0.25) is 0 Å². The molecular weight excluding hydrogens is 230 g/mol. The van der Waals surface area contributed by atoms with E-state index in [0.717, 1.165) is 0 Å². The second kappa shape index (κ2) is 9.01. The molecule has 0 rings (SSSR count). The van der Waals surface area contributed by atoms with Gasteiger partial charge in [0.25, 0.3) is 0 Å². The van der Waals surface area contributed by atoms with Crippen molar-refractivity contribution in [3.8, 4) is 6.07 Å². The number of nitrogens with two attached hydrogens (primary N) is 1. The van der Waals surface area contributed by atoms with Crippen molar-refractivity contribution in [3.05, 3.63) is 24.0 Å². The molecule has 0 spiro atoms. The van der Waals surface area contributed by atoms with E-state index in [1.807, 2.05) is 13.8 Å². The number of halogens is 1. The molecule has 0 unspecified atom stereocenters. The number of allylic oxidation sites excluding steroid dienone is 3. The quantitative estimate of drug-likeness (QED) is 0.599. The lowest BCUT2D eigenvalue weighted by molar-refractivity contribution is 1.37. The van der Waals surface area contributed by atoms with Crippen LogP contribution in [0.5, 0.6) is 0 Å². The van der Waals surface area contributed by atoms with Crippen LogP contribution >= 0.6 is 15.9 Å². The number of rotatable bonds is 2. The van der Waals surface area contributed by atoms with E-state index in [1.165, 1.54) is 0 Å². The molecule has 0 heterocycles. The Bertz CT molecular complexity index is 259. The van der Waals surface area contributed by atoms with E-state index in [-0.39, 0.29) is 5.70 Å². The summed E-state index contributed by atoms with van der Waals surface area (Å²) in [6.45, 7) is 9.15. The molecule has 0 aromatic carbocycles. The smallest absolute Gasteiger partial charge is 0.134 e. The summed E-state index contributed by atoms with van der Waals surface area (Å²) in [5.74, 6) is 0. The Labute approximate surface area is 87.8 Å². The first-order valence-electron chi connectivity index (χ1n) is 3.87. The van der Waals surface area contributed by atoms with Crippen LogP contribution in [0, 0.1) is 11.3 Å². The highest BCUT2D eigenvalue weighted by atomic mass is 79.9. The number of aliphatic imine (C=N–C) groups is 1. The molecule has 0 bridgehead atoms. The average molecular weight is 244 g/mol. The molecule has 0 aliphatic rings. The Hall–Kier alpha value is -1.08. The van der Waals surface area contributed by atoms with Gasteiger partial charge in [-0.15, -0.1) is 0 Å². The zero-order valence-corrected chi connectivity index (χ0v) is 9.72. The fourth-order valence-corrected chi connectivity index (χ4v) is 0.770. The molecule has 0 amide bonds. The molecular formula is C9H14BrN3. The number of nitriles is 1. The van der Waals surface area contributed by atoms with Crippen molar-refractivity contribution in [1.29, 1.82) is 5.26 Å². The largest absolute Gasteiger partial charge is 0.397 e. The highest BCUT2D eigenvalue weighted by molar-refractivity contribution is 9.18. The van der Waals surface area contributed by atoms with Crippen LogP contribution in [-0.2, 0) is 0 Å². The summed E-state index contributed by atoms with van der Waals surface area (Å²) < 4.78 is 0.437. The summed E-state index contributed by atoms with van der Waals surface area (Å²) in [6.07, 6.45) is 1.68. The van der Waals surface area contributed by atoms with Gasteiger partial charge in [-0.05, 0) is 22.9 Å². The van der Waals surface area contributed by atoms with E-state index >= 15 is 0 Å². The third kappa shape index (κ3) is 7.29. The van der Waals surface area contributed by atoms with Gasteiger partial charge in [-0.25, -0.2) is 4.99 Å². The van der Waals surface area contributed by atoms with E-state index in [1.54, 1.807) is 19.1 Å². The molecule has 0 aromatic heterocycles. The zero-order valence-electron chi connectivity index (χ0n) is 8.13. The first kappa shape index (κ1) is 14.4. The van der Waals surface area contributed by atoms with Gasteiger partial charge in [0.15, 0.2) is 0 Å². The van der Waals surface area contributed by atoms with Crippen LogP contribution in [0.25, 0.3) is 0 Å². The molecule has 0 atom stereocenters. The summed E-state index contributed by atoms with van der Waals surface area (Å²) in [6, 6.07) is 1.78. The lowest BCUT2D eigenvalue weighted by atomic mass is 10.4. The van der Waals surface area contributed by atoms with Gasteiger partial charge in [0.05, 0.1) is 5.70 Å². The lowest BCUT2D eigenvalue weighted by Crippen LogP contribution is -2.04. The number of nitrogens with zero attached hydrogens (tertiary/aromatic N) is 2. The Kier molecular flexibility index (Phi) is 10.0. The van der Waals surface area contributed by atoms with Crippen molar-refractivity contribution in [2.24, 2.45) is 10.7 Å². The number of hydrogen-bond acceptors (Lipinski definition) is 3. The van der Waals surface area contributed by atoms with Gasteiger partial charge >= 0.3 is 0 Å². The van der Waals surface area contributed by atoms with Gasteiger partial charge in [-0.3, -0.25) is 0 Å². The minimum Gasteiger partial charge on any atom is -0.397 e. The van der Waals surface area contributed by atoms with Crippen molar-refractivity contribution in [1.82, 2.24) is 0 Å². The van der Waals surface area contributed by atoms with Crippen molar-refractivity contribution >= 4 is 20.6 Å². The average Bonchev–Trinajstić information content (AvgIpc) is 2.19. The third-order valence-electron chi connectivity index (χ3n) is 0.911. The van der Waals surface area contributed by atoms with Gasteiger partial charge in [0, 0.05) is 0 Å². The second-order valence-corrected chi connectivity index (χ2v) is 2.46. The van der Waals surface area contributed by atoms with E-state index < -0.39 is 0 Å². The predicted octanol–water partition coefficient (Wildman–Crippen LogP) is 2.71. The molecule has 0 aliphatic carbocycles. The van der Waals surface area contributed by atoms with Gasteiger partial charge in [0.1, 0.15) is 16.4 Å². The maximum absolute atomic E-state index is 8.30. The van der Waals surface area contributed by atoms with Crippen LogP contribution in [0.4, 0.5) is 0 Å². The Morgan fingerprint density at radius 2 is 2.08 bits per heavy atom. The molecule has 72 valence electrons. The van der Waals surface area contributed by atoms with Crippen LogP contribution in [0.2, 0.25) is 0 Å². The molecule has 4 heteroatoms. The van der Waals surface area contributed by atoms with Crippen LogP contribution < -0.4 is 5.73 Å². The molecule has 0 fully saturated rings. The van der Waals surface area contributed by atoms with Gasteiger partial charge in [-0.1, -0.05) is 26.5 Å². The topological polar surface area (TPSA) is 62.2 Å². The standard InChI is InChI=1S/C7H8BrN3.C2H6/c1-3-6(10)7(8)11-5(2)4-9;1-2/h3H,2,10H2,1H3;1-2H3/b6-3+,11-7?;. The molecule has 0 saturated carbocycles. The molecule has 2 N–H and O–H groups in total. The molecule has 0 saturated heterocycles. The minimum atomic E-state index is 0.127. The third-order valence-corrected chi connectivity index (χ3v) is 1.55. The SMILES string of the molecule is C=C(C#N)N=C(Br)/C(N)=C\C.CC. The zero-order chi connectivity index (χ0) is 10.9. The molecule has 0 aromatic rings. The number of hydrogen-bond donors (Lipinski definition) is 1. The van der Waals surface area contributed by atoms with Crippen molar-refractivity contribution in [3.63, 3.8) is 0 Å². The highest BCUT2D eigenvalue weighted by Crippen LogP contribution is 2.02. The van der Waals surface area contributed by atoms with Crippen molar-refractivity contribution in [2.45, 2.75) is 20.8 Å². The second-order valence-electron chi connectivity index (χ2n) is 1.71. The van der Waals surface area contributed by atoms with E-state index in [2.05, 4.69) is 27.5 Å². The van der Waals surface area contributed by atoms with E-state index in [4.69, 9.17) is 11.0 Å². The maximum Gasteiger partial charge on any atom is 0.134 e. The summed E-state index contributed by atoms with van der Waals surface area (Å²) in [5, 5.41) is 8.30. The van der Waals surface area contributed by atoms with Crippen LogP contribution in [0.3, 0.4) is 0 Å². The van der Waals surface area contributed by atoms with E-state index in [0.29, 0.717) is 10.3 Å². The summed E-state index contributed by atoms with van der Waals surface area (Å²) >= 11 is 3.09. The Balaban J connectivity index is 0. The minimum absolute atomic E-state index is 0.127. The fraction of sp³-hybridized carbons (Fsp3) is 0.333. The molecule has 0 radical (unpaired) electrons. The van der Waals surface area contributed by atoms with E-state index in [9.17, 15) is 0 Å². The summed E-state index contributed by atoms with van der Waals surface area (Å²) in [5.41, 5.74) is 6.07. The van der Waals surface area contributed by atoms with Crippen LogP contribution in [0.1, 0.15) is 20.8 Å². The summed E-state index contributed by atoms with van der Waals surface area (Å²) in [7, 11) is 0. The highest BCUT2D eigenvalue weighted by Gasteiger charge is 1.96. The Morgan fingerprint density at radius 3 is 2.38 bits per heavy atom. The molecule has 13 heavy (non-hydrogen) atoms. The van der Waals surface area contributed by atoms with Gasteiger partial charge in [-0.2, -0.15) is 5.26 Å². The predicted molar refractivity (Wildman–Crippen MR) is 60.4 cm³/mol. The van der Waals surface area contributed by atoms with Crippen molar-refractivity contribution in [2.75, 3.05) is 0 Å². The molecule has 0 aliphatic heterocycles. The summed E-state index contributed by atoms with van der Waals surface area (Å²) in [4.78, 5) is 3.75. The van der Waals surface area contributed by atoms with Crippen molar-refractivity contribution < 1.29 is 0 Å². The fourth-order valence-electron chi connectivity index (χ4n) is 0.327. The normalized spacial score (nSPS) is 11.0. The molecule has 3 nitrogen and oxygen atoms in total. The maximum atomic E-state index is 8.30. The first-order chi connectivity index (χ1) is 6.11. The van der Waals surface area contributed by atoms with Gasteiger partial charge < -0.3 is 5.73 Å². The Morgan fingerprint density at radius 1 is 1.62 bits per heavy atom. The van der Waals surface area contributed by atoms with Crippen LogP contribution in [-0.4, -0.2) is 4.62 Å². The first-order valence-corrected chi connectivity index (χ1v) is 4.66. The monoisotopic (exact) mass is 243 g/mol. The van der Waals surface area contributed by atoms with Crippen LogP contribution in [0.15, 0.2) is 29.0 Å².